The second kappa shape index (κ2) is 4.10. The van der Waals surface area contributed by atoms with Gasteiger partial charge in [0.2, 0.25) is 0 Å². The molecule has 0 heterocycles. The normalized spacial score (nSPS) is 34.2. The molecule has 2 rings (SSSR count). The number of hydrogen-bond donors (Lipinski definition) is 0. The van der Waals surface area contributed by atoms with Gasteiger partial charge in [-0.25, -0.2) is 0 Å². The molecule has 0 saturated heterocycles. The van der Waals surface area contributed by atoms with Gasteiger partial charge in [-0.1, -0.05) is 44.6 Å². The Morgan fingerprint density at radius 2 is 2.23 bits per heavy atom. The Kier molecular flexibility index (Phi) is 3.32. The first kappa shape index (κ1) is 10.5. The quantitative estimate of drug-likeness (QED) is 0.633. The molecule has 2 aliphatic rings. The molecule has 0 spiro atoms. The van der Waals surface area contributed by atoms with E-state index in [1.165, 1.54) is 12.8 Å². The summed E-state index contributed by atoms with van der Waals surface area (Å²) in [6.07, 6.45) is 8.91. The van der Waals surface area contributed by atoms with Gasteiger partial charge in [-0.15, -0.1) is 0 Å². The van der Waals surface area contributed by atoms with Crippen LogP contribution in [0, 0.1) is 5.92 Å². The Hall–Kier alpha value is -0.560. The van der Waals surface area contributed by atoms with Crippen molar-refractivity contribution in [2.24, 2.45) is 5.92 Å². The Bertz CT molecular complexity index is 227. The van der Waals surface area contributed by atoms with Gasteiger partial charge in [0.1, 0.15) is 0 Å². The van der Waals surface area contributed by atoms with E-state index in [-0.39, 0.29) is 5.60 Å². The SMILES string of the molecule is CC.CCC1=CC=CC2(OC)CC12. The highest BCUT2D eigenvalue weighted by molar-refractivity contribution is 5.37. The molecule has 0 aromatic heterocycles. The first-order valence-electron chi connectivity index (χ1n) is 5.26. The third-order valence-electron chi connectivity index (χ3n) is 2.88. The third kappa shape index (κ3) is 1.71. The molecule has 0 aromatic carbocycles. The molecule has 0 N–H and O–H groups in total. The summed E-state index contributed by atoms with van der Waals surface area (Å²) in [5, 5.41) is 0. The number of rotatable bonds is 2. The van der Waals surface area contributed by atoms with Gasteiger partial charge in [0.05, 0.1) is 5.60 Å². The first-order valence-corrected chi connectivity index (χ1v) is 5.26. The minimum Gasteiger partial charge on any atom is -0.373 e. The van der Waals surface area contributed by atoms with Gasteiger partial charge in [-0.2, -0.15) is 0 Å². The fourth-order valence-electron chi connectivity index (χ4n) is 2.00. The summed E-state index contributed by atoms with van der Waals surface area (Å²) in [5.74, 6) is 0.697. The first-order chi connectivity index (χ1) is 6.32. The van der Waals surface area contributed by atoms with Gasteiger partial charge < -0.3 is 4.74 Å². The average Bonchev–Trinajstić information content (AvgIpc) is 2.95. The molecule has 2 atom stereocenters. The van der Waals surface area contributed by atoms with E-state index in [0.29, 0.717) is 5.92 Å². The van der Waals surface area contributed by atoms with Crippen LogP contribution in [0.3, 0.4) is 0 Å². The minimum absolute atomic E-state index is 0.111. The Morgan fingerprint density at radius 3 is 2.77 bits per heavy atom. The Morgan fingerprint density at radius 1 is 1.54 bits per heavy atom. The molecular formula is C12H20O. The summed E-state index contributed by atoms with van der Waals surface area (Å²) in [6, 6.07) is 0. The smallest absolute Gasteiger partial charge is 0.0934 e. The third-order valence-corrected chi connectivity index (χ3v) is 2.88. The Balaban J connectivity index is 0.000000396. The van der Waals surface area contributed by atoms with Crippen LogP contribution in [0.5, 0.6) is 0 Å². The van der Waals surface area contributed by atoms with E-state index in [4.69, 9.17) is 4.74 Å². The van der Waals surface area contributed by atoms with Crippen molar-refractivity contribution in [3.05, 3.63) is 23.8 Å². The molecule has 0 aromatic rings. The monoisotopic (exact) mass is 180 g/mol. The van der Waals surface area contributed by atoms with E-state index >= 15 is 0 Å². The zero-order chi connectivity index (χ0) is 9.90. The summed E-state index contributed by atoms with van der Waals surface area (Å²) in [7, 11) is 1.81. The number of allylic oxidation sites excluding steroid dienone is 2. The number of methoxy groups -OCH3 is 1. The fraction of sp³-hybridized carbons (Fsp3) is 0.667. The zero-order valence-electron chi connectivity index (χ0n) is 9.13. The van der Waals surface area contributed by atoms with Crippen molar-refractivity contribution < 1.29 is 4.74 Å². The molecule has 2 aliphatic carbocycles. The lowest BCUT2D eigenvalue weighted by molar-refractivity contribution is 0.110. The van der Waals surface area contributed by atoms with E-state index in [0.717, 1.165) is 0 Å². The number of fused-ring (bicyclic) bond motifs is 1. The molecule has 0 aliphatic heterocycles. The van der Waals surface area contributed by atoms with Gasteiger partial charge in [0.15, 0.2) is 0 Å². The van der Waals surface area contributed by atoms with Crippen LogP contribution in [-0.2, 0) is 4.74 Å². The Labute approximate surface area is 81.5 Å². The standard InChI is InChI=1S/C10H14O.C2H6/c1-3-8-5-4-6-10(11-2)7-9(8)10;1-2/h4-6,9H,3,7H2,1-2H3;1-2H3. The lowest BCUT2D eigenvalue weighted by atomic mass is 10.0. The van der Waals surface area contributed by atoms with Gasteiger partial charge in [-0.3, -0.25) is 0 Å². The van der Waals surface area contributed by atoms with Crippen LogP contribution in [0.4, 0.5) is 0 Å². The van der Waals surface area contributed by atoms with Crippen molar-refractivity contribution in [2.75, 3.05) is 7.11 Å². The molecule has 0 bridgehead atoms. The molecule has 2 unspecified atom stereocenters. The maximum atomic E-state index is 5.46. The predicted molar refractivity (Wildman–Crippen MR) is 56.7 cm³/mol. The molecule has 1 heteroatoms. The number of hydrogen-bond acceptors (Lipinski definition) is 1. The van der Waals surface area contributed by atoms with Crippen LogP contribution >= 0.6 is 0 Å². The van der Waals surface area contributed by atoms with Gasteiger partial charge in [-0.05, 0) is 12.8 Å². The molecule has 1 fully saturated rings. The molecule has 1 nitrogen and oxygen atoms in total. The van der Waals surface area contributed by atoms with Gasteiger partial charge >= 0.3 is 0 Å². The van der Waals surface area contributed by atoms with E-state index in [2.05, 4.69) is 25.2 Å². The van der Waals surface area contributed by atoms with Crippen molar-refractivity contribution >= 4 is 0 Å². The zero-order valence-corrected chi connectivity index (χ0v) is 9.13. The molecule has 13 heavy (non-hydrogen) atoms. The van der Waals surface area contributed by atoms with Crippen LogP contribution in [0.2, 0.25) is 0 Å². The van der Waals surface area contributed by atoms with Crippen LogP contribution in [0.1, 0.15) is 33.6 Å². The van der Waals surface area contributed by atoms with Crippen molar-refractivity contribution in [2.45, 2.75) is 39.2 Å². The van der Waals surface area contributed by atoms with Crippen molar-refractivity contribution in [1.82, 2.24) is 0 Å². The van der Waals surface area contributed by atoms with Crippen molar-refractivity contribution in [3.8, 4) is 0 Å². The van der Waals surface area contributed by atoms with E-state index in [1.54, 1.807) is 5.57 Å². The average molecular weight is 180 g/mol. The van der Waals surface area contributed by atoms with Crippen molar-refractivity contribution in [3.63, 3.8) is 0 Å². The van der Waals surface area contributed by atoms with Gasteiger partial charge in [0, 0.05) is 13.0 Å². The highest BCUT2D eigenvalue weighted by atomic mass is 16.5. The van der Waals surface area contributed by atoms with Crippen LogP contribution < -0.4 is 0 Å². The second-order valence-corrected chi connectivity index (χ2v) is 3.37. The maximum absolute atomic E-state index is 5.46. The lowest BCUT2D eigenvalue weighted by Crippen LogP contribution is -2.14. The molecule has 0 amide bonds. The second-order valence-electron chi connectivity index (χ2n) is 3.37. The summed E-state index contributed by atoms with van der Waals surface area (Å²) in [6.45, 7) is 6.21. The minimum atomic E-state index is 0.111. The largest absolute Gasteiger partial charge is 0.373 e. The summed E-state index contributed by atoms with van der Waals surface area (Å²) >= 11 is 0. The maximum Gasteiger partial charge on any atom is 0.0934 e. The highest BCUT2D eigenvalue weighted by Gasteiger charge is 2.54. The molecule has 1 saturated carbocycles. The van der Waals surface area contributed by atoms with Crippen molar-refractivity contribution in [1.29, 1.82) is 0 Å². The molecule has 74 valence electrons. The van der Waals surface area contributed by atoms with Gasteiger partial charge in [0.25, 0.3) is 0 Å². The van der Waals surface area contributed by atoms with Crippen LogP contribution in [0.15, 0.2) is 23.8 Å². The van der Waals surface area contributed by atoms with E-state index < -0.39 is 0 Å². The topological polar surface area (TPSA) is 9.23 Å². The molecular weight excluding hydrogens is 160 g/mol. The summed E-state index contributed by atoms with van der Waals surface area (Å²) in [4.78, 5) is 0. The fourth-order valence-corrected chi connectivity index (χ4v) is 2.00. The number of ether oxygens (including phenoxy) is 1. The van der Waals surface area contributed by atoms with E-state index in [1.807, 2.05) is 21.0 Å². The molecule has 0 radical (unpaired) electrons. The predicted octanol–water partition coefficient (Wildman–Crippen LogP) is 3.32. The highest BCUT2D eigenvalue weighted by Crippen LogP contribution is 2.54. The van der Waals surface area contributed by atoms with E-state index in [9.17, 15) is 0 Å². The summed E-state index contributed by atoms with van der Waals surface area (Å²) in [5.41, 5.74) is 1.66. The summed E-state index contributed by atoms with van der Waals surface area (Å²) < 4.78 is 5.46. The van der Waals surface area contributed by atoms with Crippen LogP contribution in [-0.4, -0.2) is 12.7 Å². The van der Waals surface area contributed by atoms with Crippen LogP contribution in [0.25, 0.3) is 0 Å². The lowest BCUT2D eigenvalue weighted by Gasteiger charge is -2.15.